The number of carbonyl (C=O) groups excluding carboxylic acids is 3. The summed E-state index contributed by atoms with van der Waals surface area (Å²) in [7, 11) is 1.61. The summed E-state index contributed by atoms with van der Waals surface area (Å²) in [5, 5.41) is 5.87. The van der Waals surface area contributed by atoms with E-state index in [1.807, 2.05) is 67.3 Å². The number of ether oxygens (including phenoxy) is 1. The van der Waals surface area contributed by atoms with Gasteiger partial charge in [0.1, 0.15) is 5.75 Å². The summed E-state index contributed by atoms with van der Waals surface area (Å²) in [6.07, 6.45) is 2.07. The zero-order chi connectivity index (χ0) is 24.7. The quantitative estimate of drug-likeness (QED) is 0.548. The van der Waals surface area contributed by atoms with Crippen LogP contribution in [0.4, 0.5) is 5.69 Å². The van der Waals surface area contributed by atoms with Gasteiger partial charge in [-0.2, -0.15) is 0 Å². The van der Waals surface area contributed by atoms with Gasteiger partial charge >= 0.3 is 0 Å². The number of nitrogens with one attached hydrogen (secondary N) is 2. The number of amides is 3. The van der Waals surface area contributed by atoms with E-state index in [0.29, 0.717) is 13.1 Å². The van der Waals surface area contributed by atoms with Crippen molar-refractivity contribution in [1.82, 2.24) is 10.2 Å². The number of benzene rings is 2. The van der Waals surface area contributed by atoms with E-state index in [4.69, 9.17) is 4.74 Å². The van der Waals surface area contributed by atoms with Crippen molar-refractivity contribution in [2.24, 2.45) is 11.8 Å². The molecule has 0 radical (unpaired) electrons. The van der Waals surface area contributed by atoms with Gasteiger partial charge < -0.3 is 20.3 Å². The molecule has 0 bridgehead atoms. The van der Waals surface area contributed by atoms with Crippen LogP contribution in [0.15, 0.2) is 48.5 Å². The van der Waals surface area contributed by atoms with E-state index in [2.05, 4.69) is 17.6 Å². The first-order valence-corrected chi connectivity index (χ1v) is 11.9. The minimum absolute atomic E-state index is 0.0136. The van der Waals surface area contributed by atoms with Crippen LogP contribution in [0.2, 0.25) is 0 Å². The van der Waals surface area contributed by atoms with Crippen LogP contribution in [0.5, 0.6) is 5.75 Å². The highest BCUT2D eigenvalue weighted by molar-refractivity contribution is 5.92. The molecule has 1 heterocycles. The largest absolute Gasteiger partial charge is 0.497 e. The first-order valence-electron chi connectivity index (χ1n) is 11.9. The number of unbranched alkanes of at least 4 members (excludes halogenated alkanes) is 1. The van der Waals surface area contributed by atoms with Gasteiger partial charge in [-0.3, -0.25) is 14.4 Å². The van der Waals surface area contributed by atoms with Gasteiger partial charge in [0, 0.05) is 31.1 Å². The van der Waals surface area contributed by atoms with Crippen LogP contribution in [0, 0.1) is 11.8 Å². The Labute approximate surface area is 201 Å². The molecule has 1 fully saturated rings. The maximum absolute atomic E-state index is 13.2. The Bertz CT molecular complexity index is 986. The lowest BCUT2D eigenvalue weighted by Gasteiger charge is -2.28. The smallest absolute Gasteiger partial charge is 0.226 e. The molecular formula is C27H35N3O4. The fourth-order valence-corrected chi connectivity index (χ4v) is 4.14. The van der Waals surface area contributed by atoms with Gasteiger partial charge in [-0.05, 0) is 41.8 Å². The summed E-state index contributed by atoms with van der Waals surface area (Å²) in [5.74, 6) is 0.0300. The number of methoxy groups -OCH3 is 1. The van der Waals surface area contributed by atoms with Crippen molar-refractivity contribution >= 4 is 23.4 Å². The fraction of sp³-hybridized carbons (Fsp3) is 0.444. The second-order valence-corrected chi connectivity index (χ2v) is 9.03. The molecular weight excluding hydrogens is 430 g/mol. The number of hydrogen-bond donors (Lipinski definition) is 2. The summed E-state index contributed by atoms with van der Waals surface area (Å²) in [6, 6.07) is 14.7. The summed E-state index contributed by atoms with van der Waals surface area (Å²) >= 11 is 0. The standard InChI is InChI=1S/C27H35N3O4/c1-5-6-15-30-24(31)16-23(25(30)20-9-13-22(34-4)14-10-20)27(33)28-17-19-7-11-21(12-8-19)29-26(32)18(2)3/h7-14,18,23,25H,5-6,15-17H2,1-4H3,(H,28,33)(H,29,32). The van der Waals surface area contributed by atoms with Crippen LogP contribution in [-0.2, 0) is 20.9 Å². The number of likely N-dealkylation sites (tertiary alicyclic amines) is 1. The van der Waals surface area contributed by atoms with Gasteiger partial charge in [-0.25, -0.2) is 0 Å². The summed E-state index contributed by atoms with van der Waals surface area (Å²) in [4.78, 5) is 39.7. The van der Waals surface area contributed by atoms with Crippen molar-refractivity contribution in [2.45, 2.75) is 52.6 Å². The Balaban J connectivity index is 1.70. The molecule has 0 aromatic heterocycles. The third kappa shape index (κ3) is 6.16. The molecule has 7 nitrogen and oxygen atoms in total. The Morgan fingerprint density at radius 1 is 1.09 bits per heavy atom. The molecule has 0 saturated carbocycles. The van der Waals surface area contributed by atoms with E-state index in [9.17, 15) is 14.4 Å². The summed E-state index contributed by atoms with van der Waals surface area (Å²) < 4.78 is 5.26. The van der Waals surface area contributed by atoms with Crippen molar-refractivity contribution in [3.05, 3.63) is 59.7 Å². The molecule has 1 aliphatic rings. The molecule has 0 aliphatic carbocycles. The molecule has 0 spiro atoms. The van der Waals surface area contributed by atoms with Crippen molar-refractivity contribution in [2.75, 3.05) is 19.0 Å². The zero-order valence-corrected chi connectivity index (χ0v) is 20.5. The van der Waals surface area contributed by atoms with Gasteiger partial charge in [-0.1, -0.05) is 51.5 Å². The third-order valence-electron chi connectivity index (χ3n) is 6.19. The average Bonchev–Trinajstić information content (AvgIpc) is 3.18. The van der Waals surface area contributed by atoms with Crippen molar-refractivity contribution in [3.8, 4) is 5.75 Å². The van der Waals surface area contributed by atoms with Crippen LogP contribution < -0.4 is 15.4 Å². The molecule has 1 saturated heterocycles. The van der Waals surface area contributed by atoms with Gasteiger partial charge in [0.05, 0.1) is 19.1 Å². The van der Waals surface area contributed by atoms with Gasteiger partial charge in [0.25, 0.3) is 0 Å². The SMILES string of the molecule is CCCCN1C(=O)CC(C(=O)NCc2ccc(NC(=O)C(C)C)cc2)C1c1ccc(OC)cc1. The lowest BCUT2D eigenvalue weighted by molar-refractivity contribution is -0.129. The molecule has 3 rings (SSSR count). The second kappa shape index (κ2) is 11.7. The number of nitrogens with zero attached hydrogens (tertiary/aromatic N) is 1. The normalized spacial score (nSPS) is 17.7. The van der Waals surface area contributed by atoms with E-state index in [1.54, 1.807) is 7.11 Å². The molecule has 34 heavy (non-hydrogen) atoms. The Kier molecular flexibility index (Phi) is 8.68. The highest BCUT2D eigenvalue weighted by Gasteiger charge is 2.44. The molecule has 7 heteroatoms. The first-order chi connectivity index (χ1) is 16.3. The van der Waals surface area contributed by atoms with Crippen LogP contribution in [0.25, 0.3) is 0 Å². The van der Waals surface area contributed by atoms with Gasteiger partial charge in [-0.15, -0.1) is 0 Å². The van der Waals surface area contributed by atoms with E-state index in [0.717, 1.165) is 35.4 Å². The van der Waals surface area contributed by atoms with E-state index < -0.39 is 5.92 Å². The zero-order valence-electron chi connectivity index (χ0n) is 20.5. The highest BCUT2D eigenvalue weighted by Crippen LogP contribution is 2.39. The monoisotopic (exact) mass is 465 g/mol. The Morgan fingerprint density at radius 3 is 2.35 bits per heavy atom. The van der Waals surface area contributed by atoms with Gasteiger partial charge in [0.15, 0.2) is 0 Å². The number of carbonyl (C=O) groups is 3. The van der Waals surface area contributed by atoms with Crippen LogP contribution in [0.3, 0.4) is 0 Å². The molecule has 2 N–H and O–H groups in total. The predicted octanol–water partition coefficient (Wildman–Crippen LogP) is 4.30. The molecule has 2 aromatic rings. The highest BCUT2D eigenvalue weighted by atomic mass is 16.5. The summed E-state index contributed by atoms with van der Waals surface area (Å²) in [6.45, 7) is 6.77. The summed E-state index contributed by atoms with van der Waals surface area (Å²) in [5.41, 5.74) is 2.58. The maximum atomic E-state index is 13.2. The lowest BCUT2D eigenvalue weighted by Crippen LogP contribution is -2.35. The number of hydrogen-bond acceptors (Lipinski definition) is 4. The molecule has 2 aromatic carbocycles. The fourth-order valence-electron chi connectivity index (χ4n) is 4.14. The molecule has 182 valence electrons. The van der Waals surface area contributed by atoms with Crippen LogP contribution in [0.1, 0.15) is 57.2 Å². The number of anilines is 1. The predicted molar refractivity (Wildman–Crippen MR) is 132 cm³/mol. The van der Waals surface area contributed by atoms with Crippen LogP contribution >= 0.6 is 0 Å². The van der Waals surface area contributed by atoms with E-state index in [1.165, 1.54) is 0 Å². The third-order valence-corrected chi connectivity index (χ3v) is 6.19. The molecule has 2 unspecified atom stereocenters. The maximum Gasteiger partial charge on any atom is 0.226 e. The van der Waals surface area contributed by atoms with E-state index >= 15 is 0 Å². The number of rotatable bonds is 10. The first kappa shape index (κ1) is 25.3. The Hall–Kier alpha value is -3.35. The average molecular weight is 466 g/mol. The molecule has 2 atom stereocenters. The lowest BCUT2D eigenvalue weighted by atomic mass is 9.92. The topological polar surface area (TPSA) is 87.7 Å². The minimum atomic E-state index is -0.456. The van der Waals surface area contributed by atoms with Crippen molar-refractivity contribution in [3.63, 3.8) is 0 Å². The second-order valence-electron chi connectivity index (χ2n) is 9.03. The van der Waals surface area contributed by atoms with E-state index in [-0.39, 0.29) is 36.1 Å². The Morgan fingerprint density at radius 2 is 1.76 bits per heavy atom. The molecule has 1 aliphatic heterocycles. The van der Waals surface area contributed by atoms with Gasteiger partial charge in [0.2, 0.25) is 17.7 Å². The van der Waals surface area contributed by atoms with Crippen LogP contribution in [-0.4, -0.2) is 36.3 Å². The minimum Gasteiger partial charge on any atom is -0.497 e. The van der Waals surface area contributed by atoms with Crippen molar-refractivity contribution in [1.29, 1.82) is 0 Å². The molecule has 3 amide bonds. The van der Waals surface area contributed by atoms with Crippen molar-refractivity contribution < 1.29 is 19.1 Å².